The SMILES string of the molecule is CC(C)(C)C1(C2=[C]([Zr])CC=C2)CCCC1.Cl.Cl. The Kier molecular flexibility index (Phi) is 6.75. The van der Waals surface area contributed by atoms with Crippen molar-refractivity contribution in [2.75, 3.05) is 0 Å². The molecule has 3 heteroatoms. The number of rotatable bonds is 1. The molecular weight excluding hydrogens is 330 g/mol. The molecule has 0 bridgehead atoms. The van der Waals surface area contributed by atoms with Crippen molar-refractivity contribution in [1.29, 1.82) is 0 Å². The topological polar surface area (TPSA) is 0 Å². The van der Waals surface area contributed by atoms with Gasteiger partial charge in [-0.3, -0.25) is 0 Å². The summed E-state index contributed by atoms with van der Waals surface area (Å²) in [7, 11) is 0. The van der Waals surface area contributed by atoms with Crippen LogP contribution in [0.3, 0.4) is 0 Å². The van der Waals surface area contributed by atoms with Gasteiger partial charge in [0.05, 0.1) is 0 Å². The monoisotopic (exact) mass is 351 g/mol. The Labute approximate surface area is 133 Å². The predicted octanol–water partition coefficient (Wildman–Crippen LogP) is 5.20. The second kappa shape index (κ2) is 6.40. The van der Waals surface area contributed by atoms with E-state index < -0.39 is 0 Å². The molecule has 2 aliphatic rings. The average molecular weight is 353 g/mol. The van der Waals surface area contributed by atoms with Crippen molar-refractivity contribution in [3.8, 4) is 0 Å². The largest absolute Gasteiger partial charge is 0.147 e. The molecule has 0 aromatic carbocycles. The molecule has 0 unspecified atom stereocenters. The molecule has 0 spiro atoms. The van der Waals surface area contributed by atoms with Crippen molar-refractivity contribution in [3.63, 3.8) is 0 Å². The van der Waals surface area contributed by atoms with Crippen LogP contribution in [0.25, 0.3) is 0 Å². The molecule has 97 valence electrons. The van der Waals surface area contributed by atoms with Crippen LogP contribution in [0.2, 0.25) is 0 Å². The van der Waals surface area contributed by atoms with E-state index in [0.29, 0.717) is 10.8 Å². The molecule has 2 rings (SSSR count). The minimum atomic E-state index is 0. The van der Waals surface area contributed by atoms with Crippen molar-refractivity contribution in [2.45, 2.75) is 52.9 Å². The van der Waals surface area contributed by atoms with E-state index in [-0.39, 0.29) is 24.8 Å². The van der Waals surface area contributed by atoms with Gasteiger partial charge in [-0.05, 0) is 0 Å². The molecule has 1 fully saturated rings. The number of allylic oxidation sites excluding steroid dienone is 4. The Morgan fingerprint density at radius 1 is 1.12 bits per heavy atom. The molecule has 0 amide bonds. The van der Waals surface area contributed by atoms with Gasteiger partial charge in [0, 0.05) is 0 Å². The summed E-state index contributed by atoms with van der Waals surface area (Å²) in [6.07, 6.45) is 11.7. The average Bonchev–Trinajstić information content (AvgIpc) is 2.70. The second-order valence-corrected chi connectivity index (χ2v) is 7.52. The molecule has 17 heavy (non-hydrogen) atoms. The van der Waals surface area contributed by atoms with E-state index >= 15 is 0 Å². The van der Waals surface area contributed by atoms with Crippen molar-refractivity contribution in [2.24, 2.45) is 10.8 Å². The van der Waals surface area contributed by atoms with Crippen LogP contribution in [0, 0.1) is 10.8 Å². The normalized spacial score (nSPS) is 22.2. The Morgan fingerprint density at radius 2 is 1.65 bits per heavy atom. The van der Waals surface area contributed by atoms with Crippen LogP contribution >= 0.6 is 24.8 Å². The fourth-order valence-corrected chi connectivity index (χ4v) is 4.44. The van der Waals surface area contributed by atoms with Crippen LogP contribution in [0.1, 0.15) is 52.9 Å². The van der Waals surface area contributed by atoms with Gasteiger partial charge in [-0.2, -0.15) is 0 Å². The van der Waals surface area contributed by atoms with Crippen molar-refractivity contribution < 1.29 is 24.7 Å². The first-order chi connectivity index (χ1) is 6.97. The summed E-state index contributed by atoms with van der Waals surface area (Å²) in [6.45, 7) is 7.29. The first-order valence-electron chi connectivity index (χ1n) is 6.09. The molecule has 0 saturated heterocycles. The summed E-state index contributed by atoms with van der Waals surface area (Å²) in [5.74, 6) is 0. The van der Waals surface area contributed by atoms with Gasteiger partial charge in [0.15, 0.2) is 0 Å². The third-order valence-electron chi connectivity index (χ3n) is 4.34. The van der Waals surface area contributed by atoms with Crippen LogP contribution in [-0.4, -0.2) is 0 Å². The fraction of sp³-hybridized carbons (Fsp3) is 0.714. The summed E-state index contributed by atoms with van der Waals surface area (Å²) >= 11 is 1.63. The third-order valence-corrected chi connectivity index (χ3v) is 5.50. The molecular formula is C14H23Cl2Zr. The zero-order valence-electron chi connectivity index (χ0n) is 11.0. The maximum Gasteiger partial charge on any atom is -0.147 e. The summed E-state index contributed by atoms with van der Waals surface area (Å²) in [6, 6.07) is 0. The summed E-state index contributed by atoms with van der Waals surface area (Å²) < 4.78 is 1.71. The van der Waals surface area contributed by atoms with Gasteiger partial charge < -0.3 is 0 Å². The molecule has 0 nitrogen and oxygen atoms in total. The third kappa shape index (κ3) is 3.10. The molecule has 0 radical (unpaired) electrons. The van der Waals surface area contributed by atoms with Gasteiger partial charge in [-0.15, -0.1) is 24.8 Å². The molecule has 0 heterocycles. The van der Waals surface area contributed by atoms with Crippen molar-refractivity contribution in [1.82, 2.24) is 0 Å². The van der Waals surface area contributed by atoms with E-state index in [9.17, 15) is 0 Å². The van der Waals surface area contributed by atoms with Gasteiger partial charge in [0.2, 0.25) is 0 Å². The Hall–Kier alpha value is 0.943. The van der Waals surface area contributed by atoms with Gasteiger partial charge in [-0.1, -0.05) is 0 Å². The summed E-state index contributed by atoms with van der Waals surface area (Å²) in [4.78, 5) is 0. The van der Waals surface area contributed by atoms with E-state index in [2.05, 4.69) is 32.9 Å². The fourth-order valence-electron chi connectivity index (χ4n) is 3.36. The quantitative estimate of drug-likeness (QED) is 0.608. The Balaban J connectivity index is 0.00000128. The molecule has 1 saturated carbocycles. The van der Waals surface area contributed by atoms with E-state index in [4.69, 9.17) is 0 Å². The van der Waals surface area contributed by atoms with Gasteiger partial charge in [-0.25, -0.2) is 0 Å². The summed E-state index contributed by atoms with van der Waals surface area (Å²) in [5, 5.41) is 0. The first kappa shape index (κ1) is 17.9. The van der Waals surface area contributed by atoms with E-state index in [1.165, 1.54) is 32.1 Å². The van der Waals surface area contributed by atoms with Gasteiger partial charge in [0.1, 0.15) is 0 Å². The number of halogens is 2. The smallest absolute Gasteiger partial charge is 0.147 e. The molecule has 0 aromatic rings. The second-order valence-electron chi connectivity index (χ2n) is 6.04. The molecule has 0 N–H and O–H groups in total. The molecule has 2 aliphatic carbocycles. The minimum absolute atomic E-state index is 0. The van der Waals surface area contributed by atoms with Crippen LogP contribution < -0.4 is 0 Å². The van der Waals surface area contributed by atoms with Crippen LogP contribution in [0.4, 0.5) is 0 Å². The first-order valence-corrected chi connectivity index (χ1v) is 7.32. The predicted molar refractivity (Wildman–Crippen MR) is 75.6 cm³/mol. The van der Waals surface area contributed by atoms with Gasteiger partial charge in [0.25, 0.3) is 0 Å². The van der Waals surface area contributed by atoms with Crippen molar-refractivity contribution in [3.05, 3.63) is 21.0 Å². The van der Waals surface area contributed by atoms with Crippen molar-refractivity contribution >= 4 is 24.8 Å². The Bertz CT molecular complexity index is 318. The van der Waals surface area contributed by atoms with Crippen LogP contribution in [-0.2, 0) is 24.7 Å². The molecule has 0 atom stereocenters. The maximum absolute atomic E-state index is 2.43. The zero-order chi connectivity index (χ0) is 11.1. The van der Waals surface area contributed by atoms with Crippen LogP contribution in [0.5, 0.6) is 0 Å². The Morgan fingerprint density at radius 3 is 2.00 bits per heavy atom. The van der Waals surface area contributed by atoms with E-state index in [1.54, 1.807) is 33.6 Å². The standard InChI is InChI=1S/C14H21.2ClH.Zr/c1-13(2,3)14(10-6-7-11-14)12-8-4-5-9-12;;;/h4,8H,5-7,10-11H2,1-3H3;2*1H;. The van der Waals surface area contributed by atoms with E-state index in [1.807, 2.05) is 0 Å². The summed E-state index contributed by atoms with van der Waals surface area (Å²) in [5.41, 5.74) is 2.64. The van der Waals surface area contributed by atoms with Crippen LogP contribution in [0.15, 0.2) is 21.0 Å². The number of hydrogen-bond donors (Lipinski definition) is 0. The number of hydrogen-bond acceptors (Lipinski definition) is 0. The maximum atomic E-state index is 2.43. The minimum Gasteiger partial charge on any atom is -0.147 e. The van der Waals surface area contributed by atoms with Gasteiger partial charge >= 0.3 is 109 Å². The molecule has 0 aliphatic heterocycles. The molecule has 0 aromatic heterocycles. The zero-order valence-corrected chi connectivity index (χ0v) is 15.1. The van der Waals surface area contributed by atoms with E-state index in [0.717, 1.165) is 0 Å².